The Morgan fingerprint density at radius 2 is 2.12 bits per heavy atom. The van der Waals surface area contributed by atoms with E-state index in [1.165, 1.54) is 0 Å². The van der Waals surface area contributed by atoms with Crippen LogP contribution >= 0.6 is 0 Å². The first-order valence-electron chi connectivity index (χ1n) is 7.55. The molecule has 1 saturated heterocycles. The van der Waals surface area contributed by atoms with Crippen molar-refractivity contribution in [3.63, 3.8) is 0 Å². The Hall–Kier alpha value is -2.33. The van der Waals surface area contributed by atoms with Gasteiger partial charge in [0.1, 0.15) is 6.07 Å². The lowest BCUT2D eigenvalue weighted by atomic mass is 9.92. The molecular formula is C17H19F3N4. The highest BCUT2D eigenvalue weighted by Gasteiger charge is 2.44. The summed E-state index contributed by atoms with van der Waals surface area (Å²) in [6.07, 6.45) is -0.895. The molecule has 2 N–H and O–H groups in total. The molecule has 0 aliphatic carbocycles. The number of rotatable bonds is 3. The van der Waals surface area contributed by atoms with E-state index < -0.39 is 18.1 Å². The molecule has 2 unspecified atom stereocenters. The first-order chi connectivity index (χ1) is 11.3. The monoisotopic (exact) mass is 336 g/mol. The highest BCUT2D eigenvalue weighted by molar-refractivity contribution is 5.82. The van der Waals surface area contributed by atoms with Gasteiger partial charge in [-0.2, -0.15) is 18.4 Å². The molecule has 1 heterocycles. The van der Waals surface area contributed by atoms with Crippen molar-refractivity contribution >= 4 is 24.2 Å². The fraction of sp³-hybridized carbons (Fsp3) is 0.412. The van der Waals surface area contributed by atoms with Gasteiger partial charge < -0.3 is 10.6 Å². The molecule has 1 aliphatic heterocycles. The third-order valence-corrected chi connectivity index (χ3v) is 4.09. The van der Waals surface area contributed by atoms with Crippen LogP contribution in [0.5, 0.6) is 0 Å². The molecule has 0 saturated carbocycles. The fourth-order valence-electron chi connectivity index (χ4n) is 3.04. The molecule has 7 heteroatoms. The molecule has 0 aromatic heterocycles. The van der Waals surface area contributed by atoms with Gasteiger partial charge in [-0.15, -0.1) is 0 Å². The molecule has 1 aliphatic rings. The van der Waals surface area contributed by atoms with Gasteiger partial charge in [0.2, 0.25) is 0 Å². The second-order valence-electron chi connectivity index (χ2n) is 5.80. The molecule has 128 valence electrons. The third-order valence-electron chi connectivity index (χ3n) is 4.09. The van der Waals surface area contributed by atoms with Gasteiger partial charge in [-0.3, -0.25) is 4.99 Å². The highest BCUT2D eigenvalue weighted by Crippen LogP contribution is 2.39. The molecule has 1 aromatic carbocycles. The number of alkyl halides is 3. The molecule has 0 bridgehead atoms. The Balaban J connectivity index is 2.51. The maximum Gasteiger partial charge on any atom is 0.393 e. The zero-order valence-corrected chi connectivity index (χ0v) is 13.3. The van der Waals surface area contributed by atoms with Gasteiger partial charge in [-0.05, 0) is 32.2 Å². The average molecular weight is 336 g/mol. The average Bonchev–Trinajstić information content (AvgIpc) is 2.53. The maximum absolute atomic E-state index is 13.1. The quantitative estimate of drug-likeness (QED) is 0.857. The Morgan fingerprint density at radius 3 is 2.67 bits per heavy atom. The lowest BCUT2D eigenvalue weighted by Gasteiger charge is -2.39. The smallest absolute Gasteiger partial charge is 0.369 e. The number of nitriles is 1. The molecular weight excluding hydrogens is 317 g/mol. The van der Waals surface area contributed by atoms with Crippen molar-refractivity contribution in [1.29, 1.82) is 5.26 Å². The molecule has 4 nitrogen and oxygen atoms in total. The van der Waals surface area contributed by atoms with Crippen molar-refractivity contribution < 1.29 is 13.2 Å². The summed E-state index contributed by atoms with van der Waals surface area (Å²) in [6.45, 7) is 5.42. The second kappa shape index (κ2) is 7.05. The van der Waals surface area contributed by atoms with Crippen LogP contribution in [0.2, 0.25) is 0 Å². The number of allylic oxidation sites excluding steroid dienone is 1. The summed E-state index contributed by atoms with van der Waals surface area (Å²) in [5, 5.41) is 9.19. The van der Waals surface area contributed by atoms with E-state index in [1.807, 2.05) is 6.07 Å². The lowest BCUT2D eigenvalue weighted by molar-refractivity contribution is -0.177. The van der Waals surface area contributed by atoms with Crippen LogP contribution < -0.4 is 10.6 Å². The van der Waals surface area contributed by atoms with E-state index >= 15 is 0 Å². The number of hydrogen-bond acceptors (Lipinski definition) is 4. The topological polar surface area (TPSA) is 65.4 Å². The SMILES string of the molecule is C=Nc1c(C#N)ccc(N2CC(N)CC(C(F)(F)F)C2)c1/C=C\C. The van der Waals surface area contributed by atoms with Crippen LogP contribution in [-0.2, 0) is 0 Å². The van der Waals surface area contributed by atoms with Gasteiger partial charge in [-0.25, -0.2) is 0 Å². The number of hydrogen-bond donors (Lipinski definition) is 1. The molecule has 0 spiro atoms. The first-order valence-corrected chi connectivity index (χ1v) is 7.55. The maximum atomic E-state index is 13.1. The van der Waals surface area contributed by atoms with Crippen molar-refractivity contribution in [2.75, 3.05) is 18.0 Å². The Morgan fingerprint density at radius 1 is 1.42 bits per heavy atom. The Labute approximate surface area is 139 Å². The van der Waals surface area contributed by atoms with Crippen LogP contribution in [-0.4, -0.2) is 32.0 Å². The normalized spacial score (nSPS) is 21.8. The minimum Gasteiger partial charge on any atom is -0.369 e. The Bertz CT molecular complexity index is 688. The molecule has 2 atom stereocenters. The minimum atomic E-state index is -4.29. The third kappa shape index (κ3) is 3.60. The lowest BCUT2D eigenvalue weighted by Crippen LogP contribution is -2.51. The summed E-state index contributed by atoms with van der Waals surface area (Å²) in [5.41, 5.74) is 7.72. The molecule has 1 aromatic rings. The molecule has 0 radical (unpaired) electrons. The van der Waals surface area contributed by atoms with E-state index in [4.69, 9.17) is 5.73 Å². The first kappa shape index (κ1) is 18.0. The summed E-state index contributed by atoms with van der Waals surface area (Å²) >= 11 is 0. The van der Waals surface area contributed by atoms with E-state index in [9.17, 15) is 18.4 Å². The van der Waals surface area contributed by atoms with Crippen LogP contribution in [0.1, 0.15) is 24.5 Å². The number of nitrogens with two attached hydrogens (primary N) is 1. The molecule has 0 amide bonds. The van der Waals surface area contributed by atoms with Crippen LogP contribution in [0.25, 0.3) is 6.08 Å². The van der Waals surface area contributed by atoms with Crippen LogP contribution in [0.3, 0.4) is 0 Å². The number of nitrogens with zero attached hydrogens (tertiary/aromatic N) is 3. The van der Waals surface area contributed by atoms with Crippen molar-refractivity contribution in [2.24, 2.45) is 16.6 Å². The van der Waals surface area contributed by atoms with Crippen molar-refractivity contribution in [3.05, 3.63) is 29.3 Å². The van der Waals surface area contributed by atoms with Gasteiger partial charge in [0, 0.05) is 30.4 Å². The van der Waals surface area contributed by atoms with E-state index in [0.29, 0.717) is 29.0 Å². The zero-order chi connectivity index (χ0) is 17.9. The van der Waals surface area contributed by atoms with Gasteiger partial charge in [0.25, 0.3) is 0 Å². The van der Waals surface area contributed by atoms with E-state index in [1.54, 1.807) is 36.1 Å². The highest BCUT2D eigenvalue weighted by atomic mass is 19.4. The number of halogens is 3. The van der Waals surface area contributed by atoms with E-state index in [2.05, 4.69) is 11.7 Å². The number of aliphatic imine (C=N–C) groups is 1. The van der Waals surface area contributed by atoms with Gasteiger partial charge in [-0.1, -0.05) is 12.2 Å². The van der Waals surface area contributed by atoms with Crippen molar-refractivity contribution in [3.8, 4) is 6.07 Å². The van der Waals surface area contributed by atoms with E-state index in [0.717, 1.165) is 0 Å². The standard InChI is InChI=1S/C17H19F3N4/c1-3-4-14-15(6-5-11(8-21)16(14)23-2)24-9-12(17(18,19)20)7-13(22)10-24/h3-6,12-13H,2,7,9-10,22H2,1H3/b4-3-. The predicted molar refractivity (Wildman–Crippen MR) is 89.4 cm³/mol. The van der Waals surface area contributed by atoms with Gasteiger partial charge in [0.15, 0.2) is 0 Å². The molecule has 24 heavy (non-hydrogen) atoms. The summed E-state index contributed by atoms with van der Waals surface area (Å²) in [4.78, 5) is 5.52. The molecule has 2 rings (SSSR count). The van der Waals surface area contributed by atoms with Crippen LogP contribution in [0.4, 0.5) is 24.5 Å². The fourth-order valence-corrected chi connectivity index (χ4v) is 3.04. The largest absolute Gasteiger partial charge is 0.393 e. The Kier molecular flexibility index (Phi) is 5.30. The van der Waals surface area contributed by atoms with Crippen LogP contribution in [0, 0.1) is 17.2 Å². The van der Waals surface area contributed by atoms with Gasteiger partial charge >= 0.3 is 6.18 Å². The summed E-state index contributed by atoms with van der Waals surface area (Å²) in [5.74, 6) is -1.48. The van der Waals surface area contributed by atoms with Crippen molar-refractivity contribution in [1.82, 2.24) is 0 Å². The second-order valence-corrected chi connectivity index (χ2v) is 5.80. The zero-order valence-electron chi connectivity index (χ0n) is 13.3. The summed E-state index contributed by atoms with van der Waals surface area (Å²) < 4.78 is 39.4. The summed E-state index contributed by atoms with van der Waals surface area (Å²) in [7, 11) is 0. The molecule has 1 fully saturated rings. The summed E-state index contributed by atoms with van der Waals surface area (Å²) in [6, 6.07) is 4.65. The van der Waals surface area contributed by atoms with Gasteiger partial charge in [0.05, 0.1) is 17.2 Å². The number of benzene rings is 1. The number of anilines is 1. The van der Waals surface area contributed by atoms with Crippen molar-refractivity contribution in [2.45, 2.75) is 25.6 Å². The minimum absolute atomic E-state index is 0.0816. The van der Waals surface area contributed by atoms with Crippen LogP contribution in [0.15, 0.2) is 23.2 Å². The van der Waals surface area contributed by atoms with E-state index in [-0.39, 0.29) is 13.0 Å². The predicted octanol–water partition coefficient (Wildman–Crippen LogP) is 3.64. The number of piperidine rings is 1.